The van der Waals surface area contributed by atoms with E-state index in [2.05, 4.69) is 16.4 Å². The molecule has 0 spiro atoms. The summed E-state index contributed by atoms with van der Waals surface area (Å²) < 4.78 is 15.9. The summed E-state index contributed by atoms with van der Waals surface area (Å²) >= 11 is 0. The maximum atomic E-state index is 12.0. The van der Waals surface area contributed by atoms with Crippen LogP contribution in [0.2, 0.25) is 0 Å². The Balaban J connectivity index is 1.53. The first kappa shape index (κ1) is 16.4. The van der Waals surface area contributed by atoms with Gasteiger partial charge in [0.05, 0.1) is 12.6 Å². The van der Waals surface area contributed by atoms with E-state index in [1.165, 1.54) is 0 Å². The molecule has 1 aliphatic rings. The smallest absolute Gasteiger partial charge is 0.244 e. The molecule has 2 aromatic carbocycles. The number of carbonyl (C=O) groups is 1. The number of ether oxygens (including phenoxy) is 3. The average Bonchev–Trinajstić information content (AvgIpc) is 3.08. The lowest BCUT2D eigenvalue weighted by atomic mass is 10.1. The molecule has 0 saturated carbocycles. The monoisotopic (exact) mass is 336 g/mol. The van der Waals surface area contributed by atoms with Crippen molar-refractivity contribution in [1.82, 2.24) is 5.43 Å². The number of hydrogen-bond acceptors (Lipinski definition) is 5. The van der Waals surface area contributed by atoms with Gasteiger partial charge in [0.15, 0.2) is 11.5 Å². The third-order valence-corrected chi connectivity index (χ3v) is 3.38. The number of nitrogens with one attached hydrogen (secondary N) is 1. The molecule has 0 aromatic heterocycles. The number of hydrazone groups is 1. The van der Waals surface area contributed by atoms with E-state index in [1.54, 1.807) is 30.5 Å². The predicted octanol–water partition coefficient (Wildman–Crippen LogP) is 2.12. The van der Waals surface area contributed by atoms with Crippen LogP contribution in [0.25, 0.3) is 0 Å². The summed E-state index contributed by atoms with van der Waals surface area (Å²) in [6, 6.07) is 12.6. The molecule has 1 N–H and O–H groups in total. The van der Waals surface area contributed by atoms with Gasteiger partial charge in [-0.05, 0) is 35.4 Å². The molecule has 1 aliphatic heterocycles. The molecule has 0 bridgehead atoms. The van der Waals surface area contributed by atoms with Crippen molar-refractivity contribution in [3.63, 3.8) is 0 Å². The first-order chi connectivity index (χ1) is 12.2. The molecule has 0 aliphatic carbocycles. The van der Waals surface area contributed by atoms with E-state index < -0.39 is 0 Å². The summed E-state index contributed by atoms with van der Waals surface area (Å²) in [4.78, 5) is 12.0. The fraction of sp³-hybridized carbons (Fsp3) is 0.158. The number of terminal acetylenes is 1. The average molecular weight is 336 g/mol. The molecule has 1 heterocycles. The molecule has 25 heavy (non-hydrogen) atoms. The van der Waals surface area contributed by atoms with E-state index in [9.17, 15) is 4.79 Å². The first-order valence-corrected chi connectivity index (χ1v) is 7.61. The van der Waals surface area contributed by atoms with Crippen molar-refractivity contribution in [3.8, 4) is 29.6 Å². The lowest BCUT2D eigenvalue weighted by Crippen LogP contribution is -2.19. The third kappa shape index (κ3) is 4.52. The fourth-order valence-electron chi connectivity index (χ4n) is 2.26. The van der Waals surface area contributed by atoms with Gasteiger partial charge in [-0.2, -0.15) is 5.10 Å². The minimum atomic E-state index is -0.227. The number of nitrogens with zero attached hydrogens (tertiary/aromatic N) is 1. The molecule has 0 radical (unpaired) electrons. The van der Waals surface area contributed by atoms with Crippen molar-refractivity contribution in [2.24, 2.45) is 5.10 Å². The largest absolute Gasteiger partial charge is 0.481 e. The van der Waals surface area contributed by atoms with Crippen LogP contribution >= 0.6 is 0 Å². The van der Waals surface area contributed by atoms with Crippen molar-refractivity contribution in [2.45, 2.75) is 6.42 Å². The van der Waals surface area contributed by atoms with Crippen molar-refractivity contribution < 1.29 is 19.0 Å². The van der Waals surface area contributed by atoms with E-state index in [0.717, 1.165) is 11.1 Å². The fourth-order valence-corrected chi connectivity index (χ4v) is 2.26. The van der Waals surface area contributed by atoms with Gasteiger partial charge in [-0.1, -0.05) is 24.1 Å². The van der Waals surface area contributed by atoms with Crippen LogP contribution in [0.4, 0.5) is 0 Å². The van der Waals surface area contributed by atoms with Crippen LogP contribution < -0.4 is 19.6 Å². The van der Waals surface area contributed by atoms with E-state index in [1.807, 2.05) is 18.2 Å². The molecule has 6 heteroatoms. The summed E-state index contributed by atoms with van der Waals surface area (Å²) in [5, 5.41) is 3.96. The number of fused-ring (bicyclic) bond motifs is 1. The number of carbonyl (C=O) groups excluding carboxylic acids is 1. The Kier molecular flexibility index (Phi) is 5.17. The van der Waals surface area contributed by atoms with Gasteiger partial charge in [0.25, 0.3) is 0 Å². The quantitative estimate of drug-likeness (QED) is 0.498. The lowest BCUT2D eigenvalue weighted by molar-refractivity contribution is -0.120. The molecule has 0 fully saturated rings. The standard InChI is InChI=1S/C19H16N2O4/c1-2-8-23-16-5-3-4-15(9-16)12-20-21-19(22)11-14-6-7-17-18(10-14)25-13-24-17/h1,3-7,9-10,12H,8,11,13H2,(H,21,22)/b20-12-. The van der Waals surface area contributed by atoms with Crippen molar-refractivity contribution >= 4 is 12.1 Å². The van der Waals surface area contributed by atoms with E-state index >= 15 is 0 Å². The summed E-state index contributed by atoms with van der Waals surface area (Å²) in [5.74, 6) is 4.16. The Morgan fingerprint density at radius 2 is 2.16 bits per heavy atom. The Morgan fingerprint density at radius 3 is 3.04 bits per heavy atom. The van der Waals surface area contributed by atoms with Gasteiger partial charge in [-0.15, -0.1) is 6.42 Å². The number of benzene rings is 2. The minimum Gasteiger partial charge on any atom is -0.481 e. The second-order valence-electron chi connectivity index (χ2n) is 5.22. The lowest BCUT2D eigenvalue weighted by Gasteiger charge is -2.03. The molecule has 2 aromatic rings. The highest BCUT2D eigenvalue weighted by atomic mass is 16.7. The third-order valence-electron chi connectivity index (χ3n) is 3.38. The van der Waals surface area contributed by atoms with Crippen LogP contribution in [0, 0.1) is 12.3 Å². The van der Waals surface area contributed by atoms with Gasteiger partial charge >= 0.3 is 0 Å². The van der Waals surface area contributed by atoms with Gasteiger partial charge in [0, 0.05) is 0 Å². The number of rotatable bonds is 6. The summed E-state index contributed by atoms with van der Waals surface area (Å²) in [6.07, 6.45) is 6.89. The topological polar surface area (TPSA) is 69.2 Å². The zero-order chi connectivity index (χ0) is 17.5. The van der Waals surface area contributed by atoms with E-state index in [0.29, 0.717) is 17.2 Å². The van der Waals surface area contributed by atoms with Crippen LogP contribution in [-0.4, -0.2) is 25.5 Å². The molecule has 0 saturated heterocycles. The maximum Gasteiger partial charge on any atom is 0.244 e. The minimum absolute atomic E-state index is 0.194. The Hall–Kier alpha value is -3.46. The Morgan fingerprint density at radius 1 is 1.28 bits per heavy atom. The summed E-state index contributed by atoms with van der Waals surface area (Å²) in [7, 11) is 0. The predicted molar refractivity (Wildman–Crippen MR) is 92.8 cm³/mol. The number of hydrogen-bond donors (Lipinski definition) is 1. The van der Waals surface area contributed by atoms with Gasteiger partial charge in [-0.25, -0.2) is 5.43 Å². The normalized spacial score (nSPS) is 12.0. The van der Waals surface area contributed by atoms with Crippen LogP contribution in [0.15, 0.2) is 47.6 Å². The van der Waals surface area contributed by atoms with Crippen molar-refractivity contribution in [1.29, 1.82) is 0 Å². The molecule has 0 unspecified atom stereocenters. The highest BCUT2D eigenvalue weighted by molar-refractivity contribution is 5.83. The van der Waals surface area contributed by atoms with E-state index in [4.69, 9.17) is 20.6 Å². The van der Waals surface area contributed by atoms with Crippen molar-refractivity contribution in [2.75, 3.05) is 13.4 Å². The SMILES string of the molecule is C#CCOc1cccc(/C=N\NC(=O)Cc2ccc3c(c2)OCO3)c1. The highest BCUT2D eigenvalue weighted by Crippen LogP contribution is 2.32. The zero-order valence-electron chi connectivity index (χ0n) is 13.4. The van der Waals surface area contributed by atoms with Crippen molar-refractivity contribution in [3.05, 3.63) is 53.6 Å². The van der Waals surface area contributed by atoms with Crippen LogP contribution in [0.1, 0.15) is 11.1 Å². The summed E-state index contributed by atoms with van der Waals surface area (Å²) in [6.45, 7) is 0.409. The Bertz CT molecular complexity index is 840. The Labute approximate surface area is 145 Å². The zero-order valence-corrected chi connectivity index (χ0v) is 13.4. The molecule has 1 amide bonds. The molecular formula is C19H16N2O4. The van der Waals surface area contributed by atoms with Crippen LogP contribution in [0.5, 0.6) is 17.2 Å². The van der Waals surface area contributed by atoms with Gasteiger partial charge in [0.2, 0.25) is 12.7 Å². The first-order valence-electron chi connectivity index (χ1n) is 7.61. The van der Waals surface area contributed by atoms with Gasteiger partial charge in [-0.3, -0.25) is 4.79 Å². The second-order valence-corrected chi connectivity index (χ2v) is 5.22. The molecule has 126 valence electrons. The number of amides is 1. The van der Waals surface area contributed by atoms with Gasteiger partial charge in [0.1, 0.15) is 12.4 Å². The maximum absolute atomic E-state index is 12.0. The van der Waals surface area contributed by atoms with Gasteiger partial charge < -0.3 is 14.2 Å². The van der Waals surface area contributed by atoms with Crippen LogP contribution in [-0.2, 0) is 11.2 Å². The summed E-state index contributed by atoms with van der Waals surface area (Å²) in [5.41, 5.74) is 4.11. The molecule has 6 nitrogen and oxygen atoms in total. The highest BCUT2D eigenvalue weighted by Gasteiger charge is 2.14. The van der Waals surface area contributed by atoms with Crippen LogP contribution in [0.3, 0.4) is 0 Å². The molecule has 3 rings (SSSR count). The second kappa shape index (κ2) is 7.88. The molecular weight excluding hydrogens is 320 g/mol. The molecule has 0 atom stereocenters. The van der Waals surface area contributed by atoms with E-state index in [-0.39, 0.29) is 25.7 Å².